The fraction of sp³-hybridized carbons (Fsp3) is 0.562. The number of halogens is 1. The van der Waals surface area contributed by atoms with Gasteiger partial charge in [0, 0.05) is 12.1 Å². The summed E-state index contributed by atoms with van der Waals surface area (Å²) in [5.74, 6) is 0.527. The van der Waals surface area contributed by atoms with E-state index < -0.39 is 0 Å². The minimum absolute atomic E-state index is 0.0946. The Morgan fingerprint density at radius 2 is 2.11 bits per heavy atom. The number of hydrogen-bond acceptors (Lipinski definition) is 2. The third-order valence-electron chi connectivity index (χ3n) is 4.07. The van der Waals surface area contributed by atoms with E-state index in [9.17, 15) is 9.18 Å². The van der Waals surface area contributed by atoms with Gasteiger partial charge in [-0.1, -0.05) is 13.3 Å². The standard InChI is InChI=1S/C16H22FNO/c1-3-4-13-9-10-18(11-13)12(2)16(19)14-5-7-15(17)8-6-14/h5-8,12-13H,3-4,9-11H2,1-2H3. The first-order valence-corrected chi connectivity index (χ1v) is 7.15. The monoisotopic (exact) mass is 263 g/mol. The first kappa shape index (κ1) is 14.2. The zero-order valence-corrected chi connectivity index (χ0v) is 11.7. The van der Waals surface area contributed by atoms with Gasteiger partial charge < -0.3 is 0 Å². The van der Waals surface area contributed by atoms with Crippen LogP contribution in [-0.2, 0) is 0 Å². The lowest BCUT2D eigenvalue weighted by molar-refractivity contribution is 0.0862. The topological polar surface area (TPSA) is 20.3 Å². The van der Waals surface area contributed by atoms with Crippen LogP contribution < -0.4 is 0 Å². The molecule has 104 valence electrons. The van der Waals surface area contributed by atoms with Gasteiger partial charge in [0.25, 0.3) is 0 Å². The van der Waals surface area contributed by atoms with Gasteiger partial charge in [0.15, 0.2) is 5.78 Å². The summed E-state index contributed by atoms with van der Waals surface area (Å²) < 4.78 is 12.9. The Labute approximate surface area is 114 Å². The molecule has 2 nitrogen and oxygen atoms in total. The fourth-order valence-corrected chi connectivity index (χ4v) is 2.88. The van der Waals surface area contributed by atoms with E-state index in [2.05, 4.69) is 11.8 Å². The maximum Gasteiger partial charge on any atom is 0.179 e. The molecule has 1 saturated heterocycles. The second kappa shape index (κ2) is 6.29. The van der Waals surface area contributed by atoms with Gasteiger partial charge in [-0.25, -0.2) is 4.39 Å². The molecule has 1 heterocycles. The second-order valence-electron chi connectivity index (χ2n) is 5.49. The summed E-state index contributed by atoms with van der Waals surface area (Å²) in [6, 6.07) is 5.75. The van der Waals surface area contributed by atoms with Crippen molar-refractivity contribution in [1.29, 1.82) is 0 Å². The Balaban J connectivity index is 1.98. The number of hydrogen-bond donors (Lipinski definition) is 0. The Hall–Kier alpha value is -1.22. The van der Waals surface area contributed by atoms with Gasteiger partial charge in [-0.2, -0.15) is 0 Å². The zero-order valence-electron chi connectivity index (χ0n) is 11.7. The van der Waals surface area contributed by atoms with Crippen molar-refractivity contribution >= 4 is 5.78 Å². The smallest absolute Gasteiger partial charge is 0.179 e. The number of carbonyl (C=O) groups excluding carboxylic acids is 1. The molecule has 1 aliphatic rings. The summed E-state index contributed by atoms with van der Waals surface area (Å²) in [6.45, 7) is 6.18. The minimum Gasteiger partial charge on any atom is -0.293 e. The van der Waals surface area contributed by atoms with Crippen molar-refractivity contribution in [2.45, 2.75) is 39.2 Å². The maximum atomic E-state index is 12.9. The lowest BCUT2D eigenvalue weighted by Crippen LogP contribution is -2.37. The average Bonchev–Trinajstić information content (AvgIpc) is 2.87. The number of nitrogens with zero attached hydrogens (tertiary/aromatic N) is 1. The van der Waals surface area contributed by atoms with E-state index in [4.69, 9.17) is 0 Å². The summed E-state index contributed by atoms with van der Waals surface area (Å²) in [4.78, 5) is 14.6. The Bertz CT molecular complexity index is 429. The van der Waals surface area contributed by atoms with Gasteiger partial charge in [-0.05, 0) is 56.5 Å². The second-order valence-corrected chi connectivity index (χ2v) is 5.49. The largest absolute Gasteiger partial charge is 0.293 e. The third-order valence-corrected chi connectivity index (χ3v) is 4.07. The van der Waals surface area contributed by atoms with Crippen LogP contribution in [0.2, 0.25) is 0 Å². The van der Waals surface area contributed by atoms with Crippen molar-refractivity contribution in [2.24, 2.45) is 5.92 Å². The van der Waals surface area contributed by atoms with Crippen LogP contribution in [0.25, 0.3) is 0 Å². The Kier molecular flexibility index (Phi) is 4.70. The van der Waals surface area contributed by atoms with Gasteiger partial charge in [0.1, 0.15) is 5.82 Å². The molecule has 1 aromatic carbocycles. The van der Waals surface area contributed by atoms with Crippen LogP contribution in [0.1, 0.15) is 43.5 Å². The van der Waals surface area contributed by atoms with E-state index in [0.29, 0.717) is 5.56 Å². The summed E-state index contributed by atoms with van der Waals surface area (Å²) in [6.07, 6.45) is 3.64. The Morgan fingerprint density at radius 1 is 1.42 bits per heavy atom. The molecule has 2 unspecified atom stereocenters. The minimum atomic E-state index is -0.298. The Morgan fingerprint density at radius 3 is 2.74 bits per heavy atom. The fourth-order valence-electron chi connectivity index (χ4n) is 2.88. The highest BCUT2D eigenvalue weighted by molar-refractivity contribution is 5.99. The number of Topliss-reactive ketones (excluding diaryl/α,β-unsaturated/α-hetero) is 1. The van der Waals surface area contributed by atoms with E-state index in [1.165, 1.54) is 31.4 Å². The summed E-state index contributed by atoms with van der Waals surface area (Å²) in [7, 11) is 0. The highest BCUT2D eigenvalue weighted by atomic mass is 19.1. The molecule has 2 atom stereocenters. The molecule has 2 rings (SSSR count). The molecule has 19 heavy (non-hydrogen) atoms. The maximum absolute atomic E-state index is 12.9. The van der Waals surface area contributed by atoms with Crippen LogP contribution in [0.4, 0.5) is 4.39 Å². The number of likely N-dealkylation sites (tertiary alicyclic amines) is 1. The molecule has 0 spiro atoms. The first-order chi connectivity index (χ1) is 9.11. The summed E-state index contributed by atoms with van der Waals surface area (Å²) in [5.41, 5.74) is 0.604. The third kappa shape index (κ3) is 3.41. The quantitative estimate of drug-likeness (QED) is 0.758. The van der Waals surface area contributed by atoms with Crippen molar-refractivity contribution in [1.82, 2.24) is 4.90 Å². The zero-order chi connectivity index (χ0) is 13.8. The first-order valence-electron chi connectivity index (χ1n) is 7.15. The number of benzene rings is 1. The van der Waals surface area contributed by atoms with Crippen molar-refractivity contribution in [3.05, 3.63) is 35.6 Å². The van der Waals surface area contributed by atoms with Crippen LogP contribution in [-0.4, -0.2) is 29.8 Å². The van der Waals surface area contributed by atoms with Crippen molar-refractivity contribution in [3.8, 4) is 0 Å². The highest BCUT2D eigenvalue weighted by Gasteiger charge is 2.29. The van der Waals surface area contributed by atoms with Gasteiger partial charge in [0.2, 0.25) is 0 Å². The molecule has 0 N–H and O–H groups in total. The summed E-state index contributed by atoms with van der Waals surface area (Å²) in [5, 5.41) is 0. The summed E-state index contributed by atoms with van der Waals surface area (Å²) >= 11 is 0. The van der Waals surface area contributed by atoms with Gasteiger partial charge >= 0.3 is 0 Å². The van der Waals surface area contributed by atoms with Crippen LogP contribution in [0.5, 0.6) is 0 Å². The van der Waals surface area contributed by atoms with Gasteiger partial charge in [-0.3, -0.25) is 9.69 Å². The predicted octanol–water partition coefficient (Wildman–Crippen LogP) is 3.52. The molecule has 1 aliphatic heterocycles. The van der Waals surface area contributed by atoms with Crippen LogP contribution in [0, 0.1) is 11.7 Å². The highest BCUT2D eigenvalue weighted by Crippen LogP contribution is 2.23. The number of carbonyl (C=O) groups is 1. The molecule has 0 aliphatic carbocycles. The van der Waals surface area contributed by atoms with Gasteiger partial charge in [0.05, 0.1) is 6.04 Å². The van der Waals surface area contributed by atoms with Crippen molar-refractivity contribution < 1.29 is 9.18 Å². The molecule has 0 radical (unpaired) electrons. The molecule has 0 bridgehead atoms. The normalized spacial score (nSPS) is 21.5. The number of ketones is 1. The predicted molar refractivity (Wildman–Crippen MR) is 74.8 cm³/mol. The van der Waals surface area contributed by atoms with E-state index in [-0.39, 0.29) is 17.6 Å². The molecule has 1 aromatic rings. The van der Waals surface area contributed by atoms with E-state index >= 15 is 0 Å². The van der Waals surface area contributed by atoms with Crippen LogP contribution in [0.3, 0.4) is 0 Å². The molecule has 3 heteroatoms. The number of rotatable bonds is 5. The lowest BCUT2D eigenvalue weighted by atomic mass is 10.0. The molecule has 0 aromatic heterocycles. The SMILES string of the molecule is CCCC1CCN(C(C)C(=O)c2ccc(F)cc2)C1. The molecular weight excluding hydrogens is 241 g/mol. The van der Waals surface area contributed by atoms with Gasteiger partial charge in [-0.15, -0.1) is 0 Å². The van der Waals surface area contributed by atoms with Crippen molar-refractivity contribution in [2.75, 3.05) is 13.1 Å². The van der Waals surface area contributed by atoms with E-state index in [0.717, 1.165) is 19.0 Å². The van der Waals surface area contributed by atoms with E-state index in [1.807, 2.05) is 6.92 Å². The molecular formula is C16H22FNO. The van der Waals surface area contributed by atoms with Crippen LogP contribution >= 0.6 is 0 Å². The van der Waals surface area contributed by atoms with E-state index in [1.54, 1.807) is 12.1 Å². The van der Waals surface area contributed by atoms with Crippen LogP contribution in [0.15, 0.2) is 24.3 Å². The lowest BCUT2D eigenvalue weighted by Gasteiger charge is -2.23. The average molecular weight is 263 g/mol. The molecule has 0 saturated carbocycles. The molecule has 1 fully saturated rings. The van der Waals surface area contributed by atoms with Crippen molar-refractivity contribution in [3.63, 3.8) is 0 Å². The molecule has 0 amide bonds.